The maximum atomic E-state index is 12.5. The monoisotopic (exact) mass is 296 g/mol. The number of ether oxygens (including phenoxy) is 1. The van der Waals surface area contributed by atoms with Gasteiger partial charge in [0, 0.05) is 12.6 Å². The number of hydrogen-bond donors (Lipinski definition) is 1. The highest BCUT2D eigenvalue weighted by atomic mass is 16.5. The molecule has 2 aliphatic rings. The van der Waals surface area contributed by atoms with Gasteiger partial charge in [-0.25, -0.2) is 0 Å². The zero-order chi connectivity index (χ0) is 15.1. The minimum absolute atomic E-state index is 0.0496. The second-order valence-electron chi connectivity index (χ2n) is 6.75. The molecule has 0 amide bonds. The van der Waals surface area contributed by atoms with Gasteiger partial charge in [0.2, 0.25) is 0 Å². The molecule has 4 heteroatoms. The molecule has 21 heavy (non-hydrogen) atoms. The van der Waals surface area contributed by atoms with E-state index in [1.54, 1.807) is 0 Å². The molecule has 0 bridgehead atoms. The summed E-state index contributed by atoms with van der Waals surface area (Å²) in [4.78, 5) is 15.0. The molecule has 1 aliphatic carbocycles. The summed E-state index contributed by atoms with van der Waals surface area (Å²) in [5.74, 6) is -0.0496. The molecule has 1 unspecified atom stereocenters. The van der Waals surface area contributed by atoms with Crippen molar-refractivity contribution in [2.75, 3.05) is 26.7 Å². The van der Waals surface area contributed by atoms with Gasteiger partial charge in [-0.05, 0) is 51.6 Å². The van der Waals surface area contributed by atoms with E-state index in [1.165, 1.54) is 45.6 Å². The third-order valence-electron chi connectivity index (χ3n) is 5.13. The topological polar surface area (TPSA) is 41.6 Å². The van der Waals surface area contributed by atoms with Gasteiger partial charge >= 0.3 is 5.97 Å². The Morgan fingerprint density at radius 3 is 2.62 bits per heavy atom. The number of carbonyl (C=O) groups excluding carboxylic acids is 1. The summed E-state index contributed by atoms with van der Waals surface area (Å²) < 4.78 is 5.17. The second-order valence-corrected chi connectivity index (χ2v) is 6.75. The fourth-order valence-corrected chi connectivity index (χ4v) is 3.97. The normalized spacial score (nSPS) is 29.0. The molecular weight excluding hydrogens is 264 g/mol. The largest absolute Gasteiger partial charge is 0.468 e. The maximum absolute atomic E-state index is 12.5. The highest BCUT2D eigenvalue weighted by Crippen LogP contribution is 2.28. The lowest BCUT2D eigenvalue weighted by Gasteiger charge is -2.36. The number of methoxy groups -OCH3 is 1. The Morgan fingerprint density at radius 1 is 1.19 bits per heavy atom. The van der Waals surface area contributed by atoms with Crippen LogP contribution in [0.5, 0.6) is 0 Å². The average Bonchev–Trinajstić information content (AvgIpc) is 2.71. The van der Waals surface area contributed by atoms with Crippen LogP contribution in [0.1, 0.15) is 64.7 Å². The Kier molecular flexibility index (Phi) is 6.49. The summed E-state index contributed by atoms with van der Waals surface area (Å²) >= 11 is 0. The predicted molar refractivity (Wildman–Crippen MR) is 85.3 cm³/mol. The van der Waals surface area contributed by atoms with E-state index in [0.717, 1.165) is 38.9 Å². The first-order valence-corrected chi connectivity index (χ1v) is 8.78. The number of hydrogen-bond acceptors (Lipinski definition) is 4. The standard InChI is InChI=1S/C17H32N2O2/c1-3-12-19-13-7-10-17(11-14-19,16(20)21-2)18-15-8-5-4-6-9-15/h15,18H,3-14H2,1-2H3. The predicted octanol–water partition coefficient (Wildman–Crippen LogP) is 2.72. The van der Waals surface area contributed by atoms with Crippen LogP contribution in [-0.2, 0) is 9.53 Å². The van der Waals surface area contributed by atoms with Crippen molar-refractivity contribution in [1.29, 1.82) is 0 Å². The van der Waals surface area contributed by atoms with Gasteiger partial charge in [0.05, 0.1) is 7.11 Å². The summed E-state index contributed by atoms with van der Waals surface area (Å²) in [5, 5.41) is 3.72. The van der Waals surface area contributed by atoms with Crippen LogP contribution in [0.3, 0.4) is 0 Å². The van der Waals surface area contributed by atoms with Crippen LogP contribution in [-0.4, -0.2) is 49.2 Å². The molecule has 1 aliphatic heterocycles. The summed E-state index contributed by atoms with van der Waals surface area (Å²) in [6, 6.07) is 0.496. The minimum atomic E-state index is -0.445. The average molecular weight is 296 g/mol. The molecule has 2 rings (SSSR count). The van der Waals surface area contributed by atoms with Crippen molar-refractivity contribution < 1.29 is 9.53 Å². The van der Waals surface area contributed by atoms with Gasteiger partial charge in [-0.2, -0.15) is 0 Å². The van der Waals surface area contributed by atoms with Crippen molar-refractivity contribution >= 4 is 5.97 Å². The van der Waals surface area contributed by atoms with Crippen molar-refractivity contribution in [3.63, 3.8) is 0 Å². The molecular formula is C17H32N2O2. The number of nitrogens with zero attached hydrogens (tertiary/aromatic N) is 1. The smallest absolute Gasteiger partial charge is 0.326 e. The molecule has 1 N–H and O–H groups in total. The van der Waals surface area contributed by atoms with E-state index in [0.29, 0.717) is 6.04 Å². The van der Waals surface area contributed by atoms with Gasteiger partial charge < -0.3 is 9.64 Å². The SMILES string of the molecule is CCCN1CCCC(NC2CCCCC2)(C(=O)OC)CC1. The highest BCUT2D eigenvalue weighted by Gasteiger charge is 2.42. The molecule has 1 saturated carbocycles. The number of carbonyl (C=O) groups is 1. The Labute approximate surface area is 129 Å². The van der Waals surface area contributed by atoms with Gasteiger partial charge in [-0.1, -0.05) is 26.2 Å². The minimum Gasteiger partial charge on any atom is -0.468 e. The molecule has 4 nitrogen and oxygen atoms in total. The van der Waals surface area contributed by atoms with Gasteiger partial charge in [-0.3, -0.25) is 10.1 Å². The van der Waals surface area contributed by atoms with E-state index in [4.69, 9.17) is 4.74 Å². The molecule has 0 radical (unpaired) electrons. The summed E-state index contributed by atoms with van der Waals surface area (Å²) in [7, 11) is 1.53. The summed E-state index contributed by atoms with van der Waals surface area (Å²) in [6.45, 7) is 5.47. The van der Waals surface area contributed by atoms with Crippen molar-refractivity contribution in [3.05, 3.63) is 0 Å². The van der Waals surface area contributed by atoms with E-state index in [1.807, 2.05) is 0 Å². The third-order valence-corrected chi connectivity index (χ3v) is 5.13. The molecule has 0 aromatic carbocycles. The molecule has 0 aromatic heterocycles. The number of likely N-dealkylation sites (tertiary alicyclic amines) is 1. The van der Waals surface area contributed by atoms with Crippen LogP contribution in [0.4, 0.5) is 0 Å². The highest BCUT2D eigenvalue weighted by molar-refractivity contribution is 5.80. The lowest BCUT2D eigenvalue weighted by molar-refractivity contribution is -0.149. The van der Waals surface area contributed by atoms with Gasteiger partial charge in [0.25, 0.3) is 0 Å². The molecule has 1 saturated heterocycles. The molecule has 1 heterocycles. The molecule has 0 spiro atoms. The third kappa shape index (κ3) is 4.43. The number of esters is 1. The van der Waals surface area contributed by atoms with Gasteiger partial charge in [-0.15, -0.1) is 0 Å². The quantitative estimate of drug-likeness (QED) is 0.792. The zero-order valence-electron chi connectivity index (χ0n) is 13.8. The van der Waals surface area contributed by atoms with Crippen molar-refractivity contribution in [2.45, 2.75) is 76.3 Å². The first kappa shape index (κ1) is 16.8. The Morgan fingerprint density at radius 2 is 1.95 bits per heavy atom. The lowest BCUT2D eigenvalue weighted by atomic mass is 9.86. The number of nitrogens with one attached hydrogen (secondary N) is 1. The van der Waals surface area contributed by atoms with E-state index < -0.39 is 5.54 Å². The molecule has 0 aromatic rings. The fraction of sp³-hybridized carbons (Fsp3) is 0.941. The lowest BCUT2D eigenvalue weighted by Crippen LogP contribution is -2.57. The van der Waals surface area contributed by atoms with E-state index in [9.17, 15) is 4.79 Å². The van der Waals surface area contributed by atoms with Crippen molar-refractivity contribution in [1.82, 2.24) is 10.2 Å². The van der Waals surface area contributed by atoms with Crippen LogP contribution in [0, 0.1) is 0 Å². The van der Waals surface area contributed by atoms with Crippen molar-refractivity contribution in [2.24, 2.45) is 0 Å². The Hall–Kier alpha value is -0.610. The van der Waals surface area contributed by atoms with Crippen molar-refractivity contribution in [3.8, 4) is 0 Å². The Balaban J connectivity index is 2.03. The summed E-state index contributed by atoms with van der Waals surface area (Å²) in [5.41, 5.74) is -0.445. The van der Waals surface area contributed by atoms with Crippen LogP contribution in [0.25, 0.3) is 0 Å². The zero-order valence-corrected chi connectivity index (χ0v) is 13.8. The molecule has 2 fully saturated rings. The van der Waals surface area contributed by atoms with Crippen LogP contribution in [0.15, 0.2) is 0 Å². The first-order chi connectivity index (χ1) is 10.2. The van der Waals surface area contributed by atoms with Gasteiger partial charge in [0.1, 0.15) is 5.54 Å². The fourth-order valence-electron chi connectivity index (χ4n) is 3.97. The van der Waals surface area contributed by atoms with Crippen LogP contribution < -0.4 is 5.32 Å². The number of rotatable bonds is 5. The molecule has 1 atom stereocenters. The summed E-state index contributed by atoms with van der Waals surface area (Å²) in [6.07, 6.45) is 10.4. The van der Waals surface area contributed by atoms with Crippen LogP contribution >= 0.6 is 0 Å². The maximum Gasteiger partial charge on any atom is 0.326 e. The van der Waals surface area contributed by atoms with E-state index in [-0.39, 0.29) is 5.97 Å². The van der Waals surface area contributed by atoms with Crippen LogP contribution in [0.2, 0.25) is 0 Å². The second kappa shape index (κ2) is 8.14. The first-order valence-electron chi connectivity index (χ1n) is 8.78. The van der Waals surface area contributed by atoms with E-state index >= 15 is 0 Å². The molecule has 122 valence electrons. The van der Waals surface area contributed by atoms with Gasteiger partial charge in [0.15, 0.2) is 0 Å². The van der Waals surface area contributed by atoms with E-state index in [2.05, 4.69) is 17.1 Å². The Bertz CT molecular complexity index is 329.